The second kappa shape index (κ2) is 11.6. The van der Waals surface area contributed by atoms with Gasteiger partial charge < -0.3 is 24.2 Å². The molecule has 0 aromatic heterocycles. The Hall–Kier alpha value is 1.49. The maximum atomic E-state index is 10.0. The average Bonchev–Trinajstić information content (AvgIpc) is 1.49. The fourth-order valence-electron chi connectivity index (χ4n) is 0.211. The van der Waals surface area contributed by atoms with Crippen LogP contribution in [0.4, 0.5) is 4.79 Å². The maximum absolute atomic E-state index is 10.0. The van der Waals surface area contributed by atoms with Gasteiger partial charge in [0.25, 0.3) is 0 Å². The van der Waals surface area contributed by atoms with Crippen LogP contribution in [0.25, 0.3) is 0 Å². The Morgan fingerprint density at radius 1 is 0.875 bits per heavy atom. The first-order chi connectivity index (χ1) is 5.10. The predicted octanol–water partition coefficient (Wildman–Crippen LogP) is -6.12. The van der Waals surface area contributed by atoms with E-state index in [1.54, 1.807) is 0 Å². The number of phosphoric acid groups is 2. The fraction of sp³-hybridized carbons (Fsp3) is 0. The molecule has 0 saturated carbocycles. The van der Waals surface area contributed by atoms with Gasteiger partial charge >= 0.3 is 80.9 Å². The van der Waals surface area contributed by atoms with Crippen molar-refractivity contribution in [2.24, 2.45) is 0 Å². The van der Waals surface area contributed by atoms with Crippen molar-refractivity contribution in [3.05, 3.63) is 0 Å². The number of hydrogen-bond donors (Lipinski definition) is 6. The van der Waals surface area contributed by atoms with Crippen LogP contribution in [0.1, 0.15) is 2.85 Å². The predicted molar refractivity (Wildman–Crippen MR) is 43.9 cm³/mol. The Kier molecular flexibility index (Phi) is 22.1. The minimum atomic E-state index is -5.13. The van der Waals surface area contributed by atoms with E-state index in [1.807, 2.05) is 0 Å². The van der Waals surface area contributed by atoms with Gasteiger partial charge in [0, 0.05) is 0 Å². The van der Waals surface area contributed by atoms with Crippen LogP contribution in [-0.4, -0.2) is 25.7 Å². The molecule has 10 N–H and O–H groups in total. The third-order valence-corrected chi connectivity index (χ3v) is 1.16. The molecule has 0 radical (unpaired) electrons. The number of hydrogen-bond acceptors (Lipinski definition) is 7. The Bertz CT molecular complexity index is 254. The van der Waals surface area contributed by atoms with Gasteiger partial charge in [-0.05, 0) is 0 Å². The molecule has 0 bridgehead atoms. The van der Waals surface area contributed by atoms with Gasteiger partial charge in [0.2, 0.25) is 0 Å². The molecule has 16 heavy (non-hydrogen) atoms. The van der Waals surface area contributed by atoms with Crippen molar-refractivity contribution in [3.63, 3.8) is 0 Å². The third kappa shape index (κ3) is 24.6. The van der Waals surface area contributed by atoms with Crippen LogP contribution in [0.15, 0.2) is 0 Å². The van der Waals surface area contributed by atoms with E-state index in [0.29, 0.717) is 0 Å². The van der Waals surface area contributed by atoms with Crippen LogP contribution in [0.2, 0.25) is 0 Å². The van der Waals surface area contributed by atoms with E-state index in [0.717, 1.165) is 0 Å². The molecule has 0 aromatic carbocycles. The topological polar surface area (TPSA) is 221 Å². The second-order valence-electron chi connectivity index (χ2n) is 1.41. The molecule has 0 amide bonds. The smallest absolute Gasteiger partial charge is 1.00 e. The Labute approximate surface area is 137 Å². The van der Waals surface area contributed by atoms with Crippen LogP contribution in [0.3, 0.4) is 0 Å². The zero-order chi connectivity index (χ0) is 9.99. The van der Waals surface area contributed by atoms with Crippen LogP contribution in [-0.2, 0) is 18.2 Å². The molecular formula is CH12N2Na2O9P2. The minimum absolute atomic E-state index is 0. The fourth-order valence-corrected chi connectivity index (χ4v) is 0.733. The van der Waals surface area contributed by atoms with Crippen LogP contribution >= 0.6 is 15.6 Å². The molecule has 0 aliphatic rings. The van der Waals surface area contributed by atoms with Gasteiger partial charge in [0.1, 0.15) is 0 Å². The third-order valence-electron chi connectivity index (χ3n) is 0.387. The van der Waals surface area contributed by atoms with Crippen LogP contribution < -0.4 is 71.4 Å². The molecule has 15 heteroatoms. The van der Waals surface area contributed by atoms with E-state index in [1.165, 1.54) is 0 Å². The van der Waals surface area contributed by atoms with Crippen LogP contribution in [0.5, 0.6) is 0 Å². The van der Waals surface area contributed by atoms with E-state index in [4.69, 9.17) is 19.6 Å². The summed E-state index contributed by atoms with van der Waals surface area (Å²) in [4.78, 5) is 41.7. The molecule has 0 unspecified atom stereocenters. The molecule has 92 valence electrons. The summed E-state index contributed by atoms with van der Waals surface area (Å²) < 4.78 is 25.9. The monoisotopic (exact) mass is 304 g/mol. The minimum Gasteiger partial charge on any atom is -1.00 e. The molecule has 0 aliphatic heterocycles. The summed E-state index contributed by atoms with van der Waals surface area (Å²) in [5.41, 5.74) is 0. The largest absolute Gasteiger partial charge is 1.00 e. The summed E-state index contributed by atoms with van der Waals surface area (Å²) in [6.07, 6.45) is -2.14. The zero-order valence-electron chi connectivity index (χ0n) is 10.6. The summed E-state index contributed by atoms with van der Waals surface area (Å²) in [6.45, 7) is 0. The molecule has 0 aromatic rings. The molecular weight excluding hydrogens is 292 g/mol. The van der Waals surface area contributed by atoms with Crippen molar-refractivity contribution in [3.8, 4) is 0 Å². The van der Waals surface area contributed by atoms with Crippen molar-refractivity contribution in [2.45, 2.75) is 0 Å². The molecule has 0 fully saturated rings. The number of rotatable bonds is 2. The molecule has 0 saturated heterocycles. The number of phosphoric ester groups is 2. The van der Waals surface area contributed by atoms with Gasteiger partial charge in [-0.1, -0.05) is 0 Å². The Morgan fingerprint density at radius 3 is 1.19 bits per heavy atom. The standard InChI is InChI=1S/CH4O9P2.2H3N.2Na.2H/c2-1(9-11(3,4)5)10-12(6,7)8;;;;;;/h(H2,3,4,5)(H2,6,7,8);2*1H3;;;;/q;;;2*+1;2*-1. The Morgan fingerprint density at radius 2 is 1.06 bits per heavy atom. The average molecular weight is 304 g/mol. The van der Waals surface area contributed by atoms with Gasteiger partial charge in [-0.25, -0.2) is 13.9 Å². The van der Waals surface area contributed by atoms with E-state index in [2.05, 4.69) is 9.05 Å². The van der Waals surface area contributed by atoms with Crippen molar-refractivity contribution >= 4 is 21.8 Å². The SMILES string of the molecule is N.N.O=C(OP(=O)(O)O)OP(=O)(O)O.[H-].[H-].[Na+].[Na+]. The first kappa shape index (κ1) is 30.5. The summed E-state index contributed by atoms with van der Waals surface area (Å²) in [6, 6.07) is 0. The van der Waals surface area contributed by atoms with E-state index < -0.39 is 21.8 Å². The molecule has 11 nitrogen and oxygen atoms in total. The molecule has 0 aliphatic carbocycles. The van der Waals surface area contributed by atoms with Crippen molar-refractivity contribution in [2.75, 3.05) is 0 Å². The maximum Gasteiger partial charge on any atom is 1.00 e. The van der Waals surface area contributed by atoms with E-state index in [9.17, 15) is 13.9 Å². The quantitative estimate of drug-likeness (QED) is 0.208. The molecule has 0 heterocycles. The van der Waals surface area contributed by atoms with Crippen molar-refractivity contribution < 1.29 is 105 Å². The zero-order valence-corrected chi connectivity index (χ0v) is 14.4. The first-order valence-corrected chi connectivity index (χ1v) is 5.20. The number of carbonyl (C=O) groups excluding carboxylic acids is 1. The first-order valence-electron chi connectivity index (χ1n) is 2.14. The second-order valence-corrected chi connectivity index (χ2v) is 3.74. The molecule has 0 rings (SSSR count). The number of carbonyl (C=O) groups is 1. The summed E-state index contributed by atoms with van der Waals surface area (Å²) in [7, 11) is -10.3. The van der Waals surface area contributed by atoms with Crippen molar-refractivity contribution in [1.82, 2.24) is 12.3 Å². The van der Waals surface area contributed by atoms with Gasteiger partial charge in [-0.15, -0.1) is 0 Å². The van der Waals surface area contributed by atoms with Gasteiger partial charge in [-0.3, -0.25) is 19.6 Å². The normalized spacial score (nSPS) is 9.25. The summed E-state index contributed by atoms with van der Waals surface area (Å²) >= 11 is 0. The Balaban J connectivity index is -0.0000000403. The van der Waals surface area contributed by atoms with E-state index >= 15 is 0 Å². The van der Waals surface area contributed by atoms with Crippen molar-refractivity contribution in [1.29, 1.82) is 0 Å². The van der Waals surface area contributed by atoms with Gasteiger partial charge in [0.15, 0.2) is 0 Å². The molecule has 0 spiro atoms. The van der Waals surface area contributed by atoms with Gasteiger partial charge in [0.05, 0.1) is 0 Å². The van der Waals surface area contributed by atoms with Gasteiger partial charge in [-0.2, -0.15) is 0 Å². The molecule has 0 atom stereocenters. The summed E-state index contributed by atoms with van der Waals surface area (Å²) in [5.74, 6) is 0. The van der Waals surface area contributed by atoms with Crippen LogP contribution in [0, 0.1) is 0 Å². The van der Waals surface area contributed by atoms with E-state index in [-0.39, 0.29) is 74.3 Å². The summed E-state index contributed by atoms with van der Waals surface area (Å²) in [5, 5.41) is 0.